The van der Waals surface area contributed by atoms with Gasteiger partial charge in [-0.1, -0.05) is 36.4 Å². The lowest BCUT2D eigenvalue weighted by atomic mass is 10.0. The fraction of sp³-hybridized carbons (Fsp3) is 0.458. The quantitative estimate of drug-likeness (QED) is 0.196. The Balaban J connectivity index is 0.00000289. The van der Waals surface area contributed by atoms with Crippen LogP contribution in [0.2, 0.25) is 0 Å². The minimum absolute atomic E-state index is 0. The number of rotatable bonds is 8. The largest absolute Gasteiger partial charge is 0.357 e. The molecule has 8 heteroatoms. The first-order valence-electron chi connectivity index (χ1n) is 11.4. The van der Waals surface area contributed by atoms with Gasteiger partial charge in [-0.25, -0.2) is 0 Å². The molecular weight excluding hydrogens is 513 g/mol. The molecule has 1 aliphatic rings. The van der Waals surface area contributed by atoms with E-state index in [1.807, 2.05) is 24.4 Å². The normalized spacial score (nSPS) is 17.2. The summed E-state index contributed by atoms with van der Waals surface area (Å²) in [5.41, 5.74) is 2.28. The Morgan fingerprint density at radius 1 is 1.12 bits per heavy atom. The highest BCUT2D eigenvalue weighted by Crippen LogP contribution is 2.14. The number of nitrogens with one attached hydrogen (secondary N) is 2. The van der Waals surface area contributed by atoms with Crippen molar-refractivity contribution in [1.29, 1.82) is 0 Å². The van der Waals surface area contributed by atoms with Gasteiger partial charge in [0, 0.05) is 44.8 Å². The Kier molecular flexibility index (Phi) is 9.73. The Bertz CT molecular complexity index is 973. The molecule has 2 N–H and O–H groups in total. The molecule has 0 bridgehead atoms. The molecule has 0 saturated carbocycles. The van der Waals surface area contributed by atoms with Gasteiger partial charge in [-0.15, -0.1) is 34.2 Å². The molecule has 1 atom stereocenters. The van der Waals surface area contributed by atoms with Gasteiger partial charge in [0.1, 0.15) is 5.82 Å². The minimum atomic E-state index is 0. The zero-order chi connectivity index (χ0) is 21.3. The second-order valence-corrected chi connectivity index (χ2v) is 8.11. The van der Waals surface area contributed by atoms with Crippen LogP contribution in [0.15, 0.2) is 59.7 Å². The van der Waals surface area contributed by atoms with Crippen molar-refractivity contribution < 1.29 is 0 Å². The van der Waals surface area contributed by atoms with E-state index in [4.69, 9.17) is 4.99 Å². The number of nitrogens with zero attached hydrogens (tertiary/aromatic N) is 5. The van der Waals surface area contributed by atoms with Gasteiger partial charge >= 0.3 is 0 Å². The topological polar surface area (TPSA) is 69.8 Å². The molecule has 0 aliphatic carbocycles. The predicted molar refractivity (Wildman–Crippen MR) is 141 cm³/mol. The summed E-state index contributed by atoms with van der Waals surface area (Å²) in [7, 11) is 0. The summed E-state index contributed by atoms with van der Waals surface area (Å²) in [6, 6.07) is 17.1. The second kappa shape index (κ2) is 12.7. The number of aliphatic imine (C=N–C) groups is 1. The molecule has 7 nitrogen and oxygen atoms in total. The molecule has 172 valence electrons. The van der Waals surface area contributed by atoms with Gasteiger partial charge in [0.25, 0.3) is 0 Å². The number of aryl methyl sites for hydroxylation is 1. The monoisotopic (exact) mass is 547 g/mol. The zero-order valence-corrected chi connectivity index (χ0v) is 21.1. The van der Waals surface area contributed by atoms with E-state index in [0.29, 0.717) is 6.04 Å². The fourth-order valence-corrected chi connectivity index (χ4v) is 4.16. The van der Waals surface area contributed by atoms with Gasteiger partial charge < -0.3 is 10.6 Å². The van der Waals surface area contributed by atoms with E-state index in [1.165, 1.54) is 18.4 Å². The first-order valence-corrected chi connectivity index (χ1v) is 11.4. The molecule has 2 aromatic heterocycles. The van der Waals surface area contributed by atoms with Gasteiger partial charge in [-0.05, 0) is 50.4 Å². The van der Waals surface area contributed by atoms with Crippen LogP contribution in [0, 0.1) is 0 Å². The SMILES string of the molecule is CCNC(=NCCCc1nnc2ccccn12)NC1CCCN(Cc2ccccc2)C1.I. The molecular formula is C24H34IN7. The number of guanidine groups is 1. The number of halogens is 1. The Hall–Kier alpha value is -2.20. The molecule has 4 rings (SSSR count). The summed E-state index contributed by atoms with van der Waals surface area (Å²) in [6.45, 7) is 6.96. The number of likely N-dealkylation sites (tertiary alicyclic amines) is 1. The van der Waals surface area contributed by atoms with Crippen molar-refractivity contribution in [2.45, 2.75) is 45.2 Å². The van der Waals surface area contributed by atoms with E-state index >= 15 is 0 Å². The lowest BCUT2D eigenvalue weighted by molar-refractivity contribution is 0.192. The summed E-state index contributed by atoms with van der Waals surface area (Å²) in [5, 5.41) is 15.6. The summed E-state index contributed by atoms with van der Waals surface area (Å²) in [5.74, 6) is 1.91. The predicted octanol–water partition coefficient (Wildman–Crippen LogP) is 3.50. The Morgan fingerprint density at radius 2 is 1.97 bits per heavy atom. The molecule has 1 fully saturated rings. The third-order valence-electron chi connectivity index (χ3n) is 5.65. The maximum absolute atomic E-state index is 4.81. The van der Waals surface area contributed by atoms with E-state index in [2.05, 4.69) is 67.4 Å². The van der Waals surface area contributed by atoms with Crippen molar-refractivity contribution in [2.75, 3.05) is 26.2 Å². The molecule has 32 heavy (non-hydrogen) atoms. The third kappa shape index (κ3) is 6.90. The number of piperidine rings is 1. The maximum Gasteiger partial charge on any atom is 0.191 e. The molecule has 0 spiro atoms. The van der Waals surface area contributed by atoms with Crippen LogP contribution >= 0.6 is 24.0 Å². The minimum Gasteiger partial charge on any atom is -0.357 e. The lowest BCUT2D eigenvalue weighted by Gasteiger charge is -2.34. The van der Waals surface area contributed by atoms with Crippen LogP contribution in [0.5, 0.6) is 0 Å². The average molecular weight is 547 g/mol. The van der Waals surface area contributed by atoms with E-state index in [0.717, 1.165) is 63.0 Å². The summed E-state index contributed by atoms with van der Waals surface area (Å²) in [4.78, 5) is 7.35. The van der Waals surface area contributed by atoms with Crippen molar-refractivity contribution in [3.8, 4) is 0 Å². The van der Waals surface area contributed by atoms with E-state index in [1.54, 1.807) is 0 Å². The van der Waals surface area contributed by atoms with Gasteiger partial charge in [0.15, 0.2) is 11.6 Å². The molecule has 1 aliphatic heterocycles. The number of aromatic nitrogens is 3. The highest BCUT2D eigenvalue weighted by atomic mass is 127. The molecule has 3 heterocycles. The van der Waals surface area contributed by atoms with Crippen molar-refractivity contribution in [2.24, 2.45) is 4.99 Å². The first kappa shape index (κ1) is 24.4. The highest BCUT2D eigenvalue weighted by molar-refractivity contribution is 14.0. The van der Waals surface area contributed by atoms with Crippen molar-refractivity contribution in [1.82, 2.24) is 30.1 Å². The number of hydrogen-bond acceptors (Lipinski definition) is 4. The first-order chi connectivity index (χ1) is 15.3. The zero-order valence-electron chi connectivity index (χ0n) is 18.8. The maximum atomic E-state index is 4.81. The van der Waals surface area contributed by atoms with Crippen molar-refractivity contribution in [3.63, 3.8) is 0 Å². The fourth-order valence-electron chi connectivity index (χ4n) is 4.16. The summed E-state index contributed by atoms with van der Waals surface area (Å²) < 4.78 is 2.05. The molecule has 0 radical (unpaired) electrons. The van der Waals surface area contributed by atoms with Gasteiger partial charge in [0.05, 0.1) is 0 Å². The van der Waals surface area contributed by atoms with Crippen LogP contribution in [-0.2, 0) is 13.0 Å². The summed E-state index contributed by atoms with van der Waals surface area (Å²) >= 11 is 0. The highest BCUT2D eigenvalue weighted by Gasteiger charge is 2.20. The van der Waals surface area contributed by atoms with Crippen LogP contribution in [0.1, 0.15) is 37.6 Å². The van der Waals surface area contributed by atoms with Crippen LogP contribution in [0.3, 0.4) is 0 Å². The van der Waals surface area contributed by atoms with Crippen LogP contribution in [0.25, 0.3) is 5.65 Å². The van der Waals surface area contributed by atoms with Gasteiger partial charge in [0.2, 0.25) is 0 Å². The van der Waals surface area contributed by atoms with Gasteiger partial charge in [-0.2, -0.15) is 0 Å². The van der Waals surface area contributed by atoms with Crippen molar-refractivity contribution in [3.05, 3.63) is 66.1 Å². The Morgan fingerprint density at radius 3 is 2.81 bits per heavy atom. The van der Waals surface area contributed by atoms with E-state index in [9.17, 15) is 0 Å². The third-order valence-corrected chi connectivity index (χ3v) is 5.65. The van der Waals surface area contributed by atoms with Crippen LogP contribution in [-0.4, -0.2) is 57.7 Å². The lowest BCUT2D eigenvalue weighted by Crippen LogP contribution is -2.51. The van der Waals surface area contributed by atoms with E-state index < -0.39 is 0 Å². The van der Waals surface area contributed by atoms with E-state index in [-0.39, 0.29) is 24.0 Å². The average Bonchev–Trinajstić information content (AvgIpc) is 3.21. The molecule has 0 amide bonds. The number of benzene rings is 1. The number of hydrogen-bond donors (Lipinski definition) is 2. The van der Waals surface area contributed by atoms with Gasteiger partial charge in [-0.3, -0.25) is 14.3 Å². The molecule has 3 aromatic rings. The second-order valence-electron chi connectivity index (χ2n) is 8.11. The molecule has 1 aromatic carbocycles. The van der Waals surface area contributed by atoms with Crippen molar-refractivity contribution >= 4 is 35.6 Å². The molecule has 1 unspecified atom stereocenters. The van der Waals surface area contributed by atoms with Crippen LogP contribution in [0.4, 0.5) is 0 Å². The number of fused-ring (bicyclic) bond motifs is 1. The van der Waals surface area contributed by atoms with Crippen LogP contribution < -0.4 is 10.6 Å². The smallest absolute Gasteiger partial charge is 0.191 e. The standard InChI is InChI=1S/C24H33N7.HI/c1-2-25-24(26-15-8-14-23-29-28-22-13-6-7-17-31(22)23)27-21-12-9-16-30(19-21)18-20-10-4-3-5-11-20;/h3-7,10-11,13,17,21H,2,8-9,12,14-16,18-19H2,1H3,(H2,25,26,27);1H. The Labute approximate surface area is 207 Å². The summed E-state index contributed by atoms with van der Waals surface area (Å²) in [6.07, 6.45) is 6.22. The molecule has 1 saturated heterocycles. The number of pyridine rings is 1.